The zero-order valence-corrected chi connectivity index (χ0v) is 12.4. The Morgan fingerprint density at radius 3 is 2.05 bits per heavy atom. The number of carbonyl (C=O) groups is 2. The van der Waals surface area contributed by atoms with Gasteiger partial charge in [-0.1, -0.05) is 13.8 Å². The Labute approximate surface area is 119 Å². The fourth-order valence-corrected chi connectivity index (χ4v) is 2.62. The topological polar surface area (TPSA) is 62.0 Å². The lowest BCUT2D eigenvalue weighted by Crippen LogP contribution is -2.15. The van der Waals surface area contributed by atoms with Gasteiger partial charge >= 0.3 is 0 Å². The lowest BCUT2D eigenvalue weighted by atomic mass is 10.0. The van der Waals surface area contributed by atoms with Crippen LogP contribution in [0.2, 0.25) is 0 Å². The number of hydrogen-bond acceptors (Lipinski definition) is 2. The van der Waals surface area contributed by atoms with Crippen molar-refractivity contribution in [3.8, 4) is 0 Å². The number of rotatable bonds is 4. The Kier molecular flexibility index (Phi) is 3.93. The van der Waals surface area contributed by atoms with Crippen LogP contribution >= 0.6 is 0 Å². The Bertz CT molecular complexity index is 633. The summed E-state index contributed by atoms with van der Waals surface area (Å²) in [6, 6.07) is 0. The van der Waals surface area contributed by atoms with E-state index in [0.29, 0.717) is 5.69 Å². The van der Waals surface area contributed by atoms with Crippen LogP contribution in [0.3, 0.4) is 0 Å². The summed E-state index contributed by atoms with van der Waals surface area (Å²) in [7, 11) is 0. The van der Waals surface area contributed by atoms with E-state index in [0.717, 1.165) is 52.8 Å². The van der Waals surface area contributed by atoms with E-state index in [4.69, 9.17) is 0 Å². The van der Waals surface area contributed by atoms with Crippen molar-refractivity contribution in [3.05, 3.63) is 39.4 Å². The maximum atomic E-state index is 11.6. The molecule has 0 aliphatic carbocycles. The number of amides is 1. The lowest BCUT2D eigenvalue weighted by molar-refractivity contribution is -0.116. The van der Waals surface area contributed by atoms with Crippen LogP contribution in [-0.2, 0) is 17.6 Å². The molecule has 0 fully saturated rings. The molecule has 2 heterocycles. The van der Waals surface area contributed by atoms with Gasteiger partial charge in [-0.2, -0.15) is 0 Å². The van der Waals surface area contributed by atoms with Crippen LogP contribution in [0.15, 0.2) is 16.8 Å². The lowest BCUT2D eigenvalue weighted by Gasteiger charge is -2.03. The quantitative estimate of drug-likeness (QED) is 0.828. The fourth-order valence-electron chi connectivity index (χ4n) is 2.62. The third-order valence-corrected chi connectivity index (χ3v) is 3.95. The molecule has 1 aromatic heterocycles. The van der Waals surface area contributed by atoms with Crippen LogP contribution in [-0.4, -0.2) is 17.2 Å². The van der Waals surface area contributed by atoms with Crippen molar-refractivity contribution in [3.63, 3.8) is 0 Å². The van der Waals surface area contributed by atoms with Crippen molar-refractivity contribution in [1.29, 1.82) is 0 Å². The Morgan fingerprint density at radius 1 is 1.00 bits per heavy atom. The zero-order chi connectivity index (χ0) is 14.9. The monoisotopic (exact) mass is 272 g/mol. The molecule has 0 unspecified atom stereocenters. The van der Waals surface area contributed by atoms with Gasteiger partial charge in [0.05, 0.1) is 5.69 Å². The summed E-state index contributed by atoms with van der Waals surface area (Å²) >= 11 is 0. The minimum absolute atomic E-state index is 0.0512. The van der Waals surface area contributed by atoms with Gasteiger partial charge in [-0.05, 0) is 49.5 Å². The second kappa shape index (κ2) is 5.49. The van der Waals surface area contributed by atoms with Gasteiger partial charge in [0, 0.05) is 17.0 Å². The van der Waals surface area contributed by atoms with E-state index in [2.05, 4.69) is 17.2 Å². The van der Waals surface area contributed by atoms with Gasteiger partial charge in [-0.3, -0.25) is 9.59 Å². The second-order valence-electron chi connectivity index (χ2n) is 5.00. The summed E-state index contributed by atoms with van der Waals surface area (Å²) in [5.74, 6) is -0.0512. The Morgan fingerprint density at radius 2 is 1.60 bits per heavy atom. The molecule has 20 heavy (non-hydrogen) atoms. The van der Waals surface area contributed by atoms with Crippen molar-refractivity contribution in [2.75, 3.05) is 0 Å². The molecule has 0 spiro atoms. The molecule has 4 heteroatoms. The maximum Gasteiger partial charge on any atom is 0.251 e. The molecule has 2 rings (SSSR count). The third-order valence-electron chi connectivity index (χ3n) is 3.95. The highest BCUT2D eigenvalue weighted by atomic mass is 16.2. The van der Waals surface area contributed by atoms with Crippen LogP contribution in [0.1, 0.15) is 55.0 Å². The second-order valence-corrected chi connectivity index (χ2v) is 5.00. The van der Waals surface area contributed by atoms with Crippen LogP contribution in [0.4, 0.5) is 0 Å². The SMILES string of the molecule is CCc1c(C=O)[nH]c(/C=C2/NC(=O)C(C)=C2C)c1CC. The number of aldehydes is 1. The summed E-state index contributed by atoms with van der Waals surface area (Å²) in [5.41, 5.74) is 6.27. The fraction of sp³-hybridized carbons (Fsp3) is 0.375. The molecule has 0 bridgehead atoms. The highest BCUT2D eigenvalue weighted by molar-refractivity contribution is 6.00. The zero-order valence-electron chi connectivity index (χ0n) is 12.4. The summed E-state index contributed by atoms with van der Waals surface area (Å²) in [6.07, 6.45) is 4.45. The van der Waals surface area contributed by atoms with Crippen LogP contribution in [0.25, 0.3) is 6.08 Å². The summed E-state index contributed by atoms with van der Waals surface area (Å²) in [5, 5.41) is 2.86. The van der Waals surface area contributed by atoms with Crippen molar-refractivity contribution in [1.82, 2.24) is 10.3 Å². The van der Waals surface area contributed by atoms with Crippen molar-refractivity contribution >= 4 is 18.3 Å². The van der Waals surface area contributed by atoms with E-state index >= 15 is 0 Å². The van der Waals surface area contributed by atoms with E-state index in [1.165, 1.54) is 0 Å². The Hall–Kier alpha value is -2.10. The summed E-state index contributed by atoms with van der Waals surface area (Å²) in [4.78, 5) is 26.0. The normalized spacial score (nSPS) is 17.0. The summed E-state index contributed by atoms with van der Waals surface area (Å²) < 4.78 is 0. The largest absolute Gasteiger partial charge is 0.352 e. The van der Waals surface area contributed by atoms with Gasteiger partial charge in [0.1, 0.15) is 0 Å². The van der Waals surface area contributed by atoms with Gasteiger partial charge in [0.15, 0.2) is 6.29 Å². The molecule has 0 saturated heterocycles. The predicted molar refractivity (Wildman–Crippen MR) is 79.4 cm³/mol. The number of aromatic nitrogens is 1. The Balaban J connectivity index is 2.52. The molecule has 1 aliphatic heterocycles. The average molecular weight is 272 g/mol. The number of H-pyrrole nitrogens is 1. The predicted octanol–water partition coefficient (Wildman–Crippen LogP) is 2.76. The number of nitrogens with one attached hydrogen (secondary N) is 2. The molecule has 2 N–H and O–H groups in total. The number of aromatic amines is 1. The molecule has 4 nitrogen and oxygen atoms in total. The first kappa shape index (κ1) is 14.3. The van der Waals surface area contributed by atoms with Crippen molar-refractivity contribution in [2.45, 2.75) is 40.5 Å². The van der Waals surface area contributed by atoms with Crippen LogP contribution < -0.4 is 5.32 Å². The van der Waals surface area contributed by atoms with Gasteiger partial charge in [0.2, 0.25) is 0 Å². The van der Waals surface area contributed by atoms with E-state index < -0.39 is 0 Å². The first-order valence-electron chi connectivity index (χ1n) is 6.93. The maximum absolute atomic E-state index is 11.6. The minimum atomic E-state index is -0.0512. The highest BCUT2D eigenvalue weighted by Gasteiger charge is 2.21. The molecule has 0 atom stereocenters. The number of allylic oxidation sites excluding steroid dienone is 1. The molecular weight excluding hydrogens is 252 g/mol. The highest BCUT2D eigenvalue weighted by Crippen LogP contribution is 2.26. The molecule has 1 aliphatic rings. The van der Waals surface area contributed by atoms with Crippen molar-refractivity contribution in [2.24, 2.45) is 0 Å². The standard InChI is InChI=1S/C16H20N2O2/c1-5-11-12(6-2)15(8-19)17-14(11)7-13-9(3)10(4)16(20)18-13/h7-8,17H,5-6H2,1-4H3,(H,18,20)/b13-7+. The van der Waals surface area contributed by atoms with Crippen LogP contribution in [0.5, 0.6) is 0 Å². The first-order chi connectivity index (χ1) is 9.53. The van der Waals surface area contributed by atoms with Crippen molar-refractivity contribution < 1.29 is 9.59 Å². The summed E-state index contributed by atoms with van der Waals surface area (Å²) in [6.45, 7) is 7.85. The smallest absolute Gasteiger partial charge is 0.251 e. The molecule has 1 amide bonds. The van der Waals surface area contributed by atoms with E-state index in [1.807, 2.05) is 26.8 Å². The van der Waals surface area contributed by atoms with E-state index in [-0.39, 0.29) is 5.91 Å². The van der Waals surface area contributed by atoms with Crippen LogP contribution in [0, 0.1) is 0 Å². The minimum Gasteiger partial charge on any atom is -0.352 e. The van der Waals surface area contributed by atoms with E-state index in [1.54, 1.807) is 0 Å². The number of carbonyl (C=O) groups excluding carboxylic acids is 2. The van der Waals surface area contributed by atoms with Gasteiger partial charge in [-0.15, -0.1) is 0 Å². The average Bonchev–Trinajstić information content (AvgIpc) is 2.91. The van der Waals surface area contributed by atoms with E-state index in [9.17, 15) is 9.59 Å². The van der Waals surface area contributed by atoms with Gasteiger partial charge in [0.25, 0.3) is 5.91 Å². The first-order valence-corrected chi connectivity index (χ1v) is 6.93. The molecular formula is C16H20N2O2. The molecule has 0 aromatic carbocycles. The number of hydrogen-bond donors (Lipinski definition) is 2. The molecule has 1 aromatic rings. The third kappa shape index (κ3) is 2.22. The molecule has 106 valence electrons. The van der Waals surface area contributed by atoms with Gasteiger partial charge < -0.3 is 10.3 Å². The van der Waals surface area contributed by atoms with Gasteiger partial charge in [-0.25, -0.2) is 0 Å². The molecule has 0 saturated carbocycles. The molecule has 0 radical (unpaired) electrons.